The smallest absolute Gasteiger partial charge is 0.258 e. The Morgan fingerprint density at radius 3 is 1.75 bits per heavy atom. The van der Waals surface area contributed by atoms with E-state index in [2.05, 4.69) is 118 Å². The van der Waals surface area contributed by atoms with E-state index in [1.807, 2.05) is 48.5 Å². The summed E-state index contributed by atoms with van der Waals surface area (Å²) in [5.41, 5.74) is 7.42. The molecule has 4 nitrogen and oxygen atoms in total. The summed E-state index contributed by atoms with van der Waals surface area (Å²) in [7, 11) is 0. The molecule has 0 aliphatic rings. The van der Waals surface area contributed by atoms with Gasteiger partial charge in [-0.05, 0) is 70.4 Å². The highest BCUT2D eigenvalue weighted by molar-refractivity contribution is 5.97. The van der Waals surface area contributed by atoms with Gasteiger partial charge in [-0.2, -0.15) is 4.98 Å². The third kappa shape index (κ3) is 4.52. The first-order valence-corrected chi connectivity index (χ1v) is 13.3. The predicted molar refractivity (Wildman–Crippen MR) is 163 cm³/mol. The Hall–Kier alpha value is -5.48. The number of rotatable bonds is 6. The number of nitrogens with zero attached hydrogens (tertiary/aromatic N) is 3. The van der Waals surface area contributed by atoms with Crippen molar-refractivity contribution in [2.75, 3.05) is 4.90 Å². The molecule has 0 radical (unpaired) electrons. The SMILES string of the molecule is c1ccc(-c2noc(-c3ccc(N(c4ccccc4)c4ccc(-c5cccc6ccccc56)cc4)cc3)n2)cc1. The lowest BCUT2D eigenvalue weighted by atomic mass is 9.98. The largest absolute Gasteiger partial charge is 0.334 e. The summed E-state index contributed by atoms with van der Waals surface area (Å²) in [5, 5.41) is 6.67. The maximum atomic E-state index is 5.59. The quantitative estimate of drug-likeness (QED) is 0.221. The van der Waals surface area contributed by atoms with E-state index in [1.165, 1.54) is 21.9 Å². The molecule has 0 atom stereocenters. The first kappa shape index (κ1) is 23.6. The molecular formula is C36H25N3O. The van der Waals surface area contributed by atoms with E-state index in [0.717, 1.165) is 28.2 Å². The zero-order valence-corrected chi connectivity index (χ0v) is 21.7. The molecule has 0 aliphatic carbocycles. The highest BCUT2D eigenvalue weighted by Gasteiger charge is 2.15. The number of hydrogen-bond acceptors (Lipinski definition) is 4. The van der Waals surface area contributed by atoms with Gasteiger partial charge in [-0.3, -0.25) is 0 Å². The van der Waals surface area contributed by atoms with E-state index in [9.17, 15) is 0 Å². The molecule has 0 unspecified atom stereocenters. The molecule has 0 fully saturated rings. The first-order chi connectivity index (χ1) is 19.8. The highest BCUT2D eigenvalue weighted by atomic mass is 16.5. The maximum Gasteiger partial charge on any atom is 0.258 e. The zero-order valence-electron chi connectivity index (χ0n) is 21.7. The summed E-state index contributed by atoms with van der Waals surface area (Å²) >= 11 is 0. The van der Waals surface area contributed by atoms with Gasteiger partial charge in [0.2, 0.25) is 5.82 Å². The molecule has 7 aromatic rings. The van der Waals surface area contributed by atoms with Crippen LogP contribution >= 0.6 is 0 Å². The maximum absolute atomic E-state index is 5.59. The highest BCUT2D eigenvalue weighted by Crippen LogP contribution is 2.37. The topological polar surface area (TPSA) is 42.2 Å². The van der Waals surface area contributed by atoms with Crippen LogP contribution in [0.1, 0.15) is 0 Å². The lowest BCUT2D eigenvalue weighted by Crippen LogP contribution is -2.09. The second kappa shape index (κ2) is 10.4. The Labute approximate surface area is 232 Å². The van der Waals surface area contributed by atoms with Crippen LogP contribution in [0.25, 0.3) is 44.7 Å². The number of hydrogen-bond donors (Lipinski definition) is 0. The van der Waals surface area contributed by atoms with Crippen LogP contribution in [0.4, 0.5) is 17.1 Å². The van der Waals surface area contributed by atoms with Gasteiger partial charge in [-0.15, -0.1) is 0 Å². The Morgan fingerprint density at radius 1 is 0.450 bits per heavy atom. The van der Waals surface area contributed by atoms with Crippen LogP contribution in [-0.4, -0.2) is 10.1 Å². The normalized spacial score (nSPS) is 11.0. The van der Waals surface area contributed by atoms with Crippen molar-refractivity contribution < 1.29 is 4.52 Å². The van der Waals surface area contributed by atoms with Crippen molar-refractivity contribution >= 4 is 27.8 Å². The van der Waals surface area contributed by atoms with E-state index in [0.29, 0.717) is 11.7 Å². The number of aromatic nitrogens is 2. The lowest BCUT2D eigenvalue weighted by Gasteiger charge is -2.25. The van der Waals surface area contributed by atoms with Gasteiger partial charge in [-0.1, -0.05) is 108 Å². The minimum Gasteiger partial charge on any atom is -0.334 e. The van der Waals surface area contributed by atoms with Crippen molar-refractivity contribution in [3.63, 3.8) is 0 Å². The van der Waals surface area contributed by atoms with Gasteiger partial charge in [0.05, 0.1) is 0 Å². The fourth-order valence-corrected chi connectivity index (χ4v) is 5.09. The van der Waals surface area contributed by atoms with Crippen molar-refractivity contribution in [3.8, 4) is 34.0 Å². The minimum absolute atomic E-state index is 0.496. The second-order valence-corrected chi connectivity index (χ2v) is 9.58. The van der Waals surface area contributed by atoms with Crippen molar-refractivity contribution in [2.45, 2.75) is 0 Å². The molecule has 1 aromatic heterocycles. The monoisotopic (exact) mass is 515 g/mol. The fraction of sp³-hybridized carbons (Fsp3) is 0. The van der Waals surface area contributed by atoms with Crippen LogP contribution in [0.2, 0.25) is 0 Å². The lowest BCUT2D eigenvalue weighted by molar-refractivity contribution is 0.432. The van der Waals surface area contributed by atoms with Gasteiger partial charge < -0.3 is 9.42 Å². The van der Waals surface area contributed by atoms with Crippen LogP contribution in [0.3, 0.4) is 0 Å². The van der Waals surface area contributed by atoms with Crippen LogP contribution in [-0.2, 0) is 0 Å². The average molecular weight is 516 g/mol. The van der Waals surface area contributed by atoms with Gasteiger partial charge in [0.15, 0.2) is 0 Å². The zero-order chi connectivity index (χ0) is 26.7. The molecule has 7 rings (SSSR count). The molecule has 0 spiro atoms. The third-order valence-corrected chi connectivity index (χ3v) is 7.07. The summed E-state index contributed by atoms with van der Waals surface area (Å²) < 4.78 is 5.59. The van der Waals surface area contributed by atoms with E-state index in [4.69, 9.17) is 4.52 Å². The number of anilines is 3. The van der Waals surface area contributed by atoms with Gasteiger partial charge in [0.25, 0.3) is 5.89 Å². The number of para-hydroxylation sites is 1. The third-order valence-electron chi connectivity index (χ3n) is 7.07. The molecule has 0 bridgehead atoms. The van der Waals surface area contributed by atoms with Crippen molar-refractivity contribution in [2.24, 2.45) is 0 Å². The Kier molecular flexibility index (Phi) is 6.11. The molecule has 0 amide bonds. The van der Waals surface area contributed by atoms with E-state index in [-0.39, 0.29) is 0 Å². The molecule has 190 valence electrons. The van der Waals surface area contributed by atoms with Gasteiger partial charge in [-0.25, -0.2) is 0 Å². The summed E-state index contributed by atoms with van der Waals surface area (Å²) in [6.07, 6.45) is 0. The fourth-order valence-electron chi connectivity index (χ4n) is 5.09. The first-order valence-electron chi connectivity index (χ1n) is 13.3. The Balaban J connectivity index is 1.23. The molecule has 6 aromatic carbocycles. The minimum atomic E-state index is 0.496. The molecular weight excluding hydrogens is 490 g/mol. The standard InChI is InChI=1S/C36H25N3O/c1-3-11-28(12-4-1)35-37-36(40-38-35)29-20-24-32(25-21-29)39(30-14-5-2-6-15-30)31-22-18-27(19-23-31)34-17-9-13-26-10-7-8-16-33(26)34/h1-25H. The van der Waals surface area contributed by atoms with Crippen molar-refractivity contribution in [1.82, 2.24) is 10.1 Å². The molecule has 0 aliphatic heterocycles. The Morgan fingerprint density at radius 2 is 1.02 bits per heavy atom. The average Bonchev–Trinajstić information content (AvgIpc) is 3.53. The summed E-state index contributed by atoms with van der Waals surface area (Å²) in [4.78, 5) is 6.86. The molecule has 0 saturated heterocycles. The van der Waals surface area contributed by atoms with Crippen LogP contribution < -0.4 is 4.90 Å². The van der Waals surface area contributed by atoms with Gasteiger partial charge >= 0.3 is 0 Å². The van der Waals surface area contributed by atoms with Gasteiger partial charge in [0, 0.05) is 28.2 Å². The Bertz CT molecular complexity index is 1870. The predicted octanol–water partition coefficient (Wildman–Crippen LogP) is 9.69. The molecule has 1 heterocycles. The molecule has 0 N–H and O–H groups in total. The summed E-state index contributed by atoms with van der Waals surface area (Å²) in [5.74, 6) is 1.08. The van der Waals surface area contributed by atoms with Gasteiger partial charge in [0.1, 0.15) is 0 Å². The number of benzene rings is 6. The molecule has 0 saturated carbocycles. The van der Waals surface area contributed by atoms with Crippen LogP contribution in [0.15, 0.2) is 156 Å². The summed E-state index contributed by atoms with van der Waals surface area (Å²) in [6, 6.07) is 52.2. The molecule has 40 heavy (non-hydrogen) atoms. The van der Waals surface area contributed by atoms with E-state index in [1.54, 1.807) is 0 Å². The number of fused-ring (bicyclic) bond motifs is 1. The summed E-state index contributed by atoms with van der Waals surface area (Å²) in [6.45, 7) is 0. The molecule has 4 heteroatoms. The van der Waals surface area contributed by atoms with Crippen molar-refractivity contribution in [3.05, 3.63) is 152 Å². The second-order valence-electron chi connectivity index (χ2n) is 9.58. The van der Waals surface area contributed by atoms with Crippen LogP contribution in [0.5, 0.6) is 0 Å². The van der Waals surface area contributed by atoms with E-state index >= 15 is 0 Å². The van der Waals surface area contributed by atoms with E-state index < -0.39 is 0 Å². The van der Waals surface area contributed by atoms with Crippen molar-refractivity contribution in [1.29, 1.82) is 0 Å². The van der Waals surface area contributed by atoms with Crippen LogP contribution in [0, 0.1) is 0 Å².